The Bertz CT molecular complexity index is 609. The van der Waals surface area contributed by atoms with Gasteiger partial charge in [-0.2, -0.15) is 5.10 Å². The van der Waals surface area contributed by atoms with Crippen LogP contribution >= 0.6 is 0 Å². The first-order valence-corrected chi connectivity index (χ1v) is 4.87. The van der Waals surface area contributed by atoms with Gasteiger partial charge in [-0.25, -0.2) is 9.97 Å². The van der Waals surface area contributed by atoms with E-state index in [1.807, 2.05) is 36.3 Å². The zero-order valence-corrected chi connectivity index (χ0v) is 8.70. The highest BCUT2D eigenvalue weighted by atomic mass is 15.4. The Morgan fingerprint density at radius 1 is 1.19 bits per heavy atom. The first kappa shape index (κ1) is 8.90. The van der Waals surface area contributed by atoms with Crippen molar-refractivity contribution in [2.24, 2.45) is 7.05 Å². The van der Waals surface area contributed by atoms with E-state index in [2.05, 4.69) is 20.5 Å². The standard InChI is InChI=1S/C10H10N6/c1-15-10-8(6-13-15)9(11-7-12-10)14-16-4-2-3-5-16/h2-7H,1H3,(H,11,12,14). The lowest BCUT2D eigenvalue weighted by atomic mass is 10.4. The van der Waals surface area contributed by atoms with Crippen molar-refractivity contribution in [2.75, 3.05) is 5.43 Å². The third-order valence-electron chi connectivity index (χ3n) is 2.37. The van der Waals surface area contributed by atoms with E-state index in [1.54, 1.807) is 10.9 Å². The second-order valence-electron chi connectivity index (χ2n) is 3.43. The molecule has 3 aromatic rings. The quantitative estimate of drug-likeness (QED) is 0.692. The molecule has 6 nitrogen and oxygen atoms in total. The van der Waals surface area contributed by atoms with Crippen LogP contribution in [0.5, 0.6) is 0 Å². The molecule has 0 spiro atoms. The van der Waals surface area contributed by atoms with Crippen molar-refractivity contribution in [2.45, 2.75) is 0 Å². The number of rotatable bonds is 2. The lowest BCUT2D eigenvalue weighted by Crippen LogP contribution is -2.07. The highest BCUT2D eigenvalue weighted by molar-refractivity contribution is 5.85. The normalized spacial score (nSPS) is 10.8. The largest absolute Gasteiger partial charge is 0.277 e. The number of aromatic nitrogens is 5. The third kappa shape index (κ3) is 1.31. The molecular weight excluding hydrogens is 204 g/mol. The summed E-state index contributed by atoms with van der Waals surface area (Å²) in [7, 11) is 1.86. The monoisotopic (exact) mass is 214 g/mol. The highest BCUT2D eigenvalue weighted by Gasteiger charge is 2.06. The topological polar surface area (TPSA) is 60.6 Å². The van der Waals surface area contributed by atoms with Crippen molar-refractivity contribution in [3.05, 3.63) is 37.1 Å². The minimum atomic E-state index is 0.745. The van der Waals surface area contributed by atoms with Crippen molar-refractivity contribution in [3.8, 4) is 0 Å². The van der Waals surface area contributed by atoms with Crippen LogP contribution in [0.3, 0.4) is 0 Å². The van der Waals surface area contributed by atoms with Gasteiger partial charge in [0.25, 0.3) is 0 Å². The molecule has 0 fully saturated rings. The van der Waals surface area contributed by atoms with Crippen LogP contribution in [0.15, 0.2) is 37.1 Å². The van der Waals surface area contributed by atoms with Gasteiger partial charge >= 0.3 is 0 Å². The van der Waals surface area contributed by atoms with Gasteiger partial charge in [0, 0.05) is 19.4 Å². The molecule has 1 N–H and O–H groups in total. The first-order chi connectivity index (χ1) is 7.84. The summed E-state index contributed by atoms with van der Waals surface area (Å²) < 4.78 is 3.55. The van der Waals surface area contributed by atoms with Crippen molar-refractivity contribution in [1.82, 2.24) is 24.4 Å². The van der Waals surface area contributed by atoms with Crippen LogP contribution in [0.2, 0.25) is 0 Å². The van der Waals surface area contributed by atoms with E-state index in [0.29, 0.717) is 0 Å². The van der Waals surface area contributed by atoms with Crippen molar-refractivity contribution in [1.29, 1.82) is 0 Å². The number of hydrogen-bond donors (Lipinski definition) is 1. The second-order valence-corrected chi connectivity index (χ2v) is 3.43. The molecule has 16 heavy (non-hydrogen) atoms. The van der Waals surface area contributed by atoms with Gasteiger partial charge < -0.3 is 0 Å². The first-order valence-electron chi connectivity index (χ1n) is 4.87. The summed E-state index contributed by atoms with van der Waals surface area (Å²) in [6.07, 6.45) is 7.09. The number of hydrogen-bond acceptors (Lipinski definition) is 4. The molecule has 80 valence electrons. The molecule has 3 heterocycles. The molecule has 0 unspecified atom stereocenters. The van der Waals surface area contributed by atoms with Crippen LogP contribution in [-0.4, -0.2) is 24.4 Å². The SMILES string of the molecule is Cn1ncc2c(Nn3cccc3)ncnc21. The van der Waals surface area contributed by atoms with E-state index < -0.39 is 0 Å². The number of nitrogens with zero attached hydrogens (tertiary/aromatic N) is 5. The van der Waals surface area contributed by atoms with Crippen LogP contribution in [-0.2, 0) is 7.05 Å². The van der Waals surface area contributed by atoms with Gasteiger partial charge in [-0.05, 0) is 12.1 Å². The minimum Gasteiger partial charge on any atom is -0.277 e. The van der Waals surface area contributed by atoms with Gasteiger partial charge in [-0.15, -0.1) is 0 Å². The van der Waals surface area contributed by atoms with E-state index in [0.717, 1.165) is 16.9 Å². The molecular formula is C10H10N6. The summed E-state index contributed by atoms with van der Waals surface area (Å²) in [5, 5.41) is 5.05. The summed E-state index contributed by atoms with van der Waals surface area (Å²) in [5.74, 6) is 0.745. The van der Waals surface area contributed by atoms with Gasteiger partial charge in [-0.1, -0.05) is 0 Å². The van der Waals surface area contributed by atoms with E-state index in [1.165, 1.54) is 6.33 Å². The van der Waals surface area contributed by atoms with Gasteiger partial charge in [-0.3, -0.25) is 14.8 Å². The predicted molar refractivity (Wildman–Crippen MR) is 59.8 cm³/mol. The number of nitrogens with one attached hydrogen (secondary N) is 1. The van der Waals surface area contributed by atoms with Crippen LogP contribution < -0.4 is 5.43 Å². The van der Waals surface area contributed by atoms with Crippen LogP contribution in [0.25, 0.3) is 11.0 Å². The predicted octanol–water partition coefficient (Wildman–Crippen LogP) is 1.04. The molecule has 0 aliphatic carbocycles. The number of fused-ring (bicyclic) bond motifs is 1. The summed E-state index contributed by atoms with van der Waals surface area (Å²) in [6.45, 7) is 0. The summed E-state index contributed by atoms with van der Waals surface area (Å²) >= 11 is 0. The minimum absolute atomic E-state index is 0.745. The van der Waals surface area contributed by atoms with Crippen LogP contribution in [0, 0.1) is 0 Å². The molecule has 3 rings (SSSR count). The fourth-order valence-electron chi connectivity index (χ4n) is 1.58. The fraction of sp³-hybridized carbons (Fsp3) is 0.100. The van der Waals surface area contributed by atoms with Crippen molar-refractivity contribution in [3.63, 3.8) is 0 Å². The maximum absolute atomic E-state index is 4.20. The van der Waals surface area contributed by atoms with Gasteiger partial charge in [0.1, 0.15) is 6.33 Å². The Labute approximate surface area is 91.5 Å². The Balaban J connectivity index is 2.10. The molecule has 0 atom stereocenters. The summed E-state index contributed by atoms with van der Waals surface area (Å²) in [6, 6.07) is 3.88. The molecule has 0 radical (unpaired) electrons. The van der Waals surface area contributed by atoms with E-state index in [4.69, 9.17) is 0 Å². The zero-order chi connectivity index (χ0) is 11.0. The molecule has 6 heteroatoms. The average Bonchev–Trinajstić information content (AvgIpc) is 2.90. The Morgan fingerprint density at radius 3 is 2.81 bits per heavy atom. The number of anilines is 1. The Kier molecular flexibility index (Phi) is 1.86. The smallest absolute Gasteiger partial charge is 0.163 e. The summed E-state index contributed by atoms with van der Waals surface area (Å²) in [5.41, 5.74) is 3.96. The molecule has 0 aliphatic heterocycles. The average molecular weight is 214 g/mol. The molecule has 0 saturated carbocycles. The second kappa shape index (κ2) is 3.34. The van der Waals surface area contributed by atoms with Crippen LogP contribution in [0.1, 0.15) is 0 Å². The maximum atomic E-state index is 4.20. The van der Waals surface area contributed by atoms with Gasteiger partial charge in [0.15, 0.2) is 11.5 Å². The van der Waals surface area contributed by atoms with Gasteiger partial charge in [0.05, 0.1) is 11.6 Å². The molecule has 0 bridgehead atoms. The maximum Gasteiger partial charge on any atom is 0.163 e. The molecule has 3 aromatic heterocycles. The van der Waals surface area contributed by atoms with E-state index >= 15 is 0 Å². The Hall–Kier alpha value is -2.37. The molecule has 0 amide bonds. The van der Waals surface area contributed by atoms with E-state index in [9.17, 15) is 0 Å². The zero-order valence-electron chi connectivity index (χ0n) is 8.70. The van der Waals surface area contributed by atoms with E-state index in [-0.39, 0.29) is 0 Å². The number of aryl methyl sites for hydroxylation is 1. The molecule has 0 saturated heterocycles. The third-order valence-corrected chi connectivity index (χ3v) is 2.37. The van der Waals surface area contributed by atoms with Gasteiger partial charge in [0.2, 0.25) is 0 Å². The highest BCUT2D eigenvalue weighted by Crippen LogP contribution is 2.17. The molecule has 0 aromatic carbocycles. The summed E-state index contributed by atoms with van der Waals surface area (Å²) in [4.78, 5) is 8.37. The fourth-order valence-corrected chi connectivity index (χ4v) is 1.58. The molecule has 0 aliphatic rings. The van der Waals surface area contributed by atoms with Crippen LogP contribution in [0.4, 0.5) is 5.82 Å². The lowest BCUT2D eigenvalue weighted by molar-refractivity contribution is 0.785. The lowest BCUT2D eigenvalue weighted by Gasteiger charge is -2.06. The van der Waals surface area contributed by atoms with Crippen molar-refractivity contribution >= 4 is 16.9 Å². The van der Waals surface area contributed by atoms with Crippen molar-refractivity contribution < 1.29 is 0 Å². The Morgan fingerprint density at radius 2 is 2.00 bits per heavy atom.